The van der Waals surface area contributed by atoms with Gasteiger partial charge < -0.3 is 10.2 Å². The molecule has 0 bridgehead atoms. The SMILES string of the molecule is CC=CCC=CCC(O)CCCCCCCCC(=O)O. The highest BCUT2D eigenvalue weighted by molar-refractivity contribution is 5.66. The number of carbonyl (C=O) groups is 1. The predicted molar refractivity (Wildman–Crippen MR) is 83.8 cm³/mol. The summed E-state index contributed by atoms with van der Waals surface area (Å²) >= 11 is 0. The first kappa shape index (κ1) is 18.9. The molecule has 0 aromatic carbocycles. The number of unbranched alkanes of at least 4 members (excludes halogenated alkanes) is 5. The van der Waals surface area contributed by atoms with Crippen molar-refractivity contribution in [2.45, 2.75) is 77.2 Å². The summed E-state index contributed by atoms with van der Waals surface area (Å²) in [5, 5.41) is 18.3. The molecule has 0 aliphatic carbocycles. The summed E-state index contributed by atoms with van der Waals surface area (Å²) in [7, 11) is 0. The van der Waals surface area contributed by atoms with Gasteiger partial charge in [0, 0.05) is 6.42 Å². The van der Waals surface area contributed by atoms with E-state index in [9.17, 15) is 9.90 Å². The van der Waals surface area contributed by atoms with Gasteiger partial charge in [-0.15, -0.1) is 0 Å². The number of aliphatic carboxylic acids is 1. The fraction of sp³-hybridized carbons (Fsp3) is 0.706. The Kier molecular flexibility index (Phi) is 13.5. The van der Waals surface area contributed by atoms with E-state index in [1.165, 1.54) is 0 Å². The van der Waals surface area contributed by atoms with Crippen LogP contribution in [-0.2, 0) is 4.79 Å². The maximum atomic E-state index is 10.3. The normalized spacial score (nSPS) is 13.3. The minimum absolute atomic E-state index is 0.219. The quantitative estimate of drug-likeness (QED) is 0.387. The van der Waals surface area contributed by atoms with Crippen LogP contribution >= 0.6 is 0 Å². The van der Waals surface area contributed by atoms with Crippen LogP contribution in [0.1, 0.15) is 71.1 Å². The van der Waals surface area contributed by atoms with Crippen LogP contribution in [0, 0.1) is 0 Å². The van der Waals surface area contributed by atoms with Gasteiger partial charge >= 0.3 is 5.97 Å². The van der Waals surface area contributed by atoms with E-state index in [-0.39, 0.29) is 12.5 Å². The zero-order chi connectivity index (χ0) is 15.1. The van der Waals surface area contributed by atoms with Crippen molar-refractivity contribution in [2.75, 3.05) is 0 Å². The van der Waals surface area contributed by atoms with E-state index in [1.807, 2.05) is 13.0 Å². The van der Waals surface area contributed by atoms with Gasteiger partial charge in [-0.2, -0.15) is 0 Å². The molecular formula is C17H30O3. The summed E-state index contributed by atoms with van der Waals surface area (Å²) < 4.78 is 0. The highest BCUT2D eigenvalue weighted by atomic mass is 16.4. The Labute approximate surface area is 123 Å². The van der Waals surface area contributed by atoms with Crippen LogP contribution < -0.4 is 0 Å². The second-order valence-electron chi connectivity index (χ2n) is 5.22. The molecular weight excluding hydrogens is 252 g/mol. The summed E-state index contributed by atoms with van der Waals surface area (Å²) in [6.45, 7) is 2.00. The molecule has 0 aromatic heterocycles. The van der Waals surface area contributed by atoms with Gasteiger partial charge in [-0.3, -0.25) is 4.79 Å². The molecule has 0 aliphatic heterocycles. The highest BCUT2D eigenvalue weighted by Gasteiger charge is 2.01. The lowest BCUT2D eigenvalue weighted by Crippen LogP contribution is -2.04. The summed E-state index contributed by atoms with van der Waals surface area (Å²) in [6, 6.07) is 0. The number of rotatable bonds is 13. The number of carboxylic acids is 1. The molecule has 0 heterocycles. The van der Waals surface area contributed by atoms with Crippen molar-refractivity contribution in [3.05, 3.63) is 24.3 Å². The average Bonchev–Trinajstić information content (AvgIpc) is 2.41. The molecule has 20 heavy (non-hydrogen) atoms. The van der Waals surface area contributed by atoms with E-state index in [1.54, 1.807) is 0 Å². The van der Waals surface area contributed by atoms with Crippen molar-refractivity contribution in [1.29, 1.82) is 0 Å². The van der Waals surface area contributed by atoms with Crippen LogP contribution in [0.4, 0.5) is 0 Å². The first-order chi connectivity index (χ1) is 9.66. The fourth-order valence-corrected chi connectivity index (χ4v) is 2.05. The largest absolute Gasteiger partial charge is 0.481 e. The zero-order valence-electron chi connectivity index (χ0n) is 12.8. The van der Waals surface area contributed by atoms with Crippen LogP contribution in [0.15, 0.2) is 24.3 Å². The molecule has 0 spiro atoms. The van der Waals surface area contributed by atoms with Crippen LogP contribution in [-0.4, -0.2) is 22.3 Å². The van der Waals surface area contributed by atoms with Crippen LogP contribution in [0.5, 0.6) is 0 Å². The Morgan fingerprint density at radius 1 is 1.00 bits per heavy atom. The van der Waals surface area contributed by atoms with Crippen LogP contribution in [0.25, 0.3) is 0 Å². The Hall–Kier alpha value is -1.09. The van der Waals surface area contributed by atoms with Crippen LogP contribution in [0.2, 0.25) is 0 Å². The topological polar surface area (TPSA) is 57.5 Å². The van der Waals surface area contributed by atoms with Crippen molar-refractivity contribution in [3.63, 3.8) is 0 Å². The molecule has 1 unspecified atom stereocenters. The highest BCUT2D eigenvalue weighted by Crippen LogP contribution is 2.11. The number of hydrogen-bond acceptors (Lipinski definition) is 2. The lowest BCUT2D eigenvalue weighted by Gasteiger charge is -2.07. The van der Waals surface area contributed by atoms with Crippen LogP contribution in [0.3, 0.4) is 0 Å². The lowest BCUT2D eigenvalue weighted by molar-refractivity contribution is -0.137. The number of allylic oxidation sites excluding steroid dienone is 3. The number of aliphatic hydroxyl groups excluding tert-OH is 1. The number of aliphatic hydroxyl groups is 1. The molecule has 0 radical (unpaired) electrons. The molecule has 1 atom stereocenters. The van der Waals surface area contributed by atoms with Gasteiger partial charge in [-0.1, -0.05) is 56.4 Å². The molecule has 0 rings (SSSR count). The first-order valence-corrected chi connectivity index (χ1v) is 7.82. The molecule has 0 saturated carbocycles. The van der Waals surface area contributed by atoms with E-state index in [4.69, 9.17) is 5.11 Å². The molecule has 0 fully saturated rings. The van der Waals surface area contributed by atoms with Gasteiger partial charge in [0.2, 0.25) is 0 Å². The van der Waals surface area contributed by atoms with Gasteiger partial charge in [0.15, 0.2) is 0 Å². The average molecular weight is 282 g/mol. The van der Waals surface area contributed by atoms with Crippen molar-refractivity contribution >= 4 is 5.97 Å². The third-order valence-electron chi connectivity index (χ3n) is 3.26. The monoisotopic (exact) mass is 282 g/mol. The standard InChI is InChI=1S/C17H30O3/c1-2-3-4-7-10-13-16(18)14-11-8-5-6-9-12-15-17(19)20/h2-3,7,10,16,18H,4-6,8-9,11-15H2,1H3,(H,19,20). The molecule has 0 aliphatic rings. The van der Waals surface area contributed by atoms with Crippen molar-refractivity contribution in [2.24, 2.45) is 0 Å². The Morgan fingerprint density at radius 2 is 1.65 bits per heavy atom. The molecule has 2 N–H and O–H groups in total. The van der Waals surface area contributed by atoms with E-state index in [2.05, 4.69) is 18.2 Å². The lowest BCUT2D eigenvalue weighted by atomic mass is 10.0. The molecule has 0 aromatic rings. The Morgan fingerprint density at radius 3 is 2.30 bits per heavy atom. The second kappa shape index (κ2) is 14.3. The van der Waals surface area contributed by atoms with E-state index in [0.29, 0.717) is 0 Å². The molecule has 0 saturated heterocycles. The number of hydrogen-bond donors (Lipinski definition) is 2. The summed E-state index contributed by atoms with van der Waals surface area (Å²) in [5.74, 6) is -0.699. The zero-order valence-corrected chi connectivity index (χ0v) is 12.8. The Balaban J connectivity index is 3.28. The molecule has 3 heteroatoms. The van der Waals surface area contributed by atoms with Gasteiger partial charge in [-0.25, -0.2) is 0 Å². The summed E-state index contributed by atoms with van der Waals surface area (Å²) in [4.78, 5) is 10.3. The predicted octanol–water partition coefficient (Wildman–Crippen LogP) is 4.47. The summed E-state index contributed by atoms with van der Waals surface area (Å²) in [5.41, 5.74) is 0. The fourth-order valence-electron chi connectivity index (χ4n) is 2.05. The van der Waals surface area contributed by atoms with Crippen molar-refractivity contribution < 1.29 is 15.0 Å². The third-order valence-corrected chi connectivity index (χ3v) is 3.26. The molecule has 116 valence electrons. The minimum Gasteiger partial charge on any atom is -0.481 e. The Bertz CT molecular complexity index is 282. The van der Waals surface area contributed by atoms with Gasteiger partial charge in [0.1, 0.15) is 0 Å². The van der Waals surface area contributed by atoms with Gasteiger partial charge in [0.25, 0.3) is 0 Å². The molecule has 0 amide bonds. The first-order valence-electron chi connectivity index (χ1n) is 7.82. The summed E-state index contributed by atoms with van der Waals surface area (Å²) in [6.07, 6.45) is 17.1. The maximum absolute atomic E-state index is 10.3. The maximum Gasteiger partial charge on any atom is 0.303 e. The minimum atomic E-state index is -0.699. The van der Waals surface area contributed by atoms with E-state index < -0.39 is 5.97 Å². The van der Waals surface area contributed by atoms with Crippen molar-refractivity contribution in [3.8, 4) is 0 Å². The third kappa shape index (κ3) is 15.0. The number of carboxylic acid groups (broad SMARTS) is 1. The van der Waals surface area contributed by atoms with Gasteiger partial charge in [0.05, 0.1) is 6.10 Å². The van der Waals surface area contributed by atoms with Crippen molar-refractivity contribution in [1.82, 2.24) is 0 Å². The molecule has 3 nitrogen and oxygen atoms in total. The van der Waals surface area contributed by atoms with E-state index >= 15 is 0 Å². The van der Waals surface area contributed by atoms with Gasteiger partial charge in [-0.05, 0) is 32.6 Å². The second-order valence-corrected chi connectivity index (χ2v) is 5.22. The smallest absolute Gasteiger partial charge is 0.303 e. The van der Waals surface area contributed by atoms with E-state index in [0.717, 1.165) is 57.8 Å².